The van der Waals surface area contributed by atoms with Crippen molar-refractivity contribution >= 4 is 5.91 Å². The van der Waals surface area contributed by atoms with E-state index in [1.807, 2.05) is 0 Å². The number of nitrogens with one attached hydrogen (secondary N) is 1. The van der Waals surface area contributed by atoms with Crippen LogP contribution in [0.25, 0.3) is 0 Å². The maximum Gasteiger partial charge on any atom is 0.221 e. The lowest BCUT2D eigenvalue weighted by Crippen LogP contribution is -2.51. The van der Waals surface area contributed by atoms with Crippen molar-refractivity contribution in [2.75, 3.05) is 6.54 Å². The van der Waals surface area contributed by atoms with Crippen LogP contribution in [0.4, 0.5) is 0 Å². The Kier molecular flexibility index (Phi) is 4.30. The second-order valence-electron chi connectivity index (χ2n) is 5.11. The summed E-state index contributed by atoms with van der Waals surface area (Å²) in [5.74, 6) is 0.0286. The van der Waals surface area contributed by atoms with Gasteiger partial charge in [0.1, 0.15) is 12.7 Å². The van der Waals surface area contributed by atoms with Crippen LogP contribution in [0.5, 0.6) is 0 Å². The molecule has 1 aliphatic carbocycles. The van der Waals surface area contributed by atoms with Crippen molar-refractivity contribution in [3.63, 3.8) is 0 Å². The predicted octanol–water partition coefficient (Wildman–Crippen LogP) is 0.446. The van der Waals surface area contributed by atoms with Crippen LogP contribution in [-0.4, -0.2) is 32.8 Å². The summed E-state index contributed by atoms with van der Waals surface area (Å²) in [6.07, 6.45) is 9.12. The highest BCUT2D eigenvalue weighted by Crippen LogP contribution is 2.25. The van der Waals surface area contributed by atoms with Crippen LogP contribution in [0, 0.1) is 0 Å². The Morgan fingerprint density at radius 3 is 2.83 bits per heavy atom. The number of amides is 1. The molecule has 1 saturated carbocycles. The number of hydrogen-bond acceptors (Lipinski definition) is 4. The average molecular weight is 251 g/mol. The van der Waals surface area contributed by atoms with Crippen molar-refractivity contribution in [3.8, 4) is 0 Å². The fourth-order valence-corrected chi connectivity index (χ4v) is 2.36. The SMILES string of the molecule is NC1(CNC(=O)CCn2cncn2)CCCCC1. The number of carbonyl (C=O) groups excluding carboxylic acids is 1. The molecule has 0 aromatic carbocycles. The Morgan fingerprint density at radius 2 is 2.17 bits per heavy atom. The third-order valence-corrected chi connectivity index (χ3v) is 3.52. The zero-order valence-corrected chi connectivity index (χ0v) is 10.6. The topological polar surface area (TPSA) is 85.8 Å². The molecule has 2 rings (SSSR count). The Bertz CT molecular complexity index is 370. The first kappa shape index (κ1) is 13.0. The third-order valence-electron chi connectivity index (χ3n) is 3.52. The summed E-state index contributed by atoms with van der Waals surface area (Å²) in [5.41, 5.74) is 6.06. The van der Waals surface area contributed by atoms with Gasteiger partial charge in [0.2, 0.25) is 5.91 Å². The molecule has 0 saturated heterocycles. The molecule has 0 unspecified atom stereocenters. The molecule has 0 radical (unpaired) electrons. The Labute approximate surface area is 107 Å². The molecule has 1 heterocycles. The van der Waals surface area contributed by atoms with Crippen molar-refractivity contribution in [2.45, 2.75) is 50.6 Å². The first-order valence-electron chi connectivity index (χ1n) is 6.56. The molecule has 1 aromatic heterocycles. The van der Waals surface area contributed by atoms with Crippen LogP contribution in [0.15, 0.2) is 12.7 Å². The van der Waals surface area contributed by atoms with Crippen LogP contribution < -0.4 is 11.1 Å². The minimum absolute atomic E-state index is 0.0286. The van der Waals surface area contributed by atoms with Gasteiger partial charge in [-0.05, 0) is 12.8 Å². The lowest BCUT2D eigenvalue weighted by atomic mass is 9.82. The molecule has 1 amide bonds. The van der Waals surface area contributed by atoms with E-state index in [0.717, 1.165) is 12.8 Å². The first-order chi connectivity index (χ1) is 8.68. The van der Waals surface area contributed by atoms with E-state index >= 15 is 0 Å². The zero-order valence-electron chi connectivity index (χ0n) is 10.6. The fourth-order valence-electron chi connectivity index (χ4n) is 2.36. The second-order valence-corrected chi connectivity index (χ2v) is 5.11. The Hall–Kier alpha value is -1.43. The number of carbonyl (C=O) groups is 1. The molecule has 1 aromatic rings. The van der Waals surface area contributed by atoms with Gasteiger partial charge in [-0.25, -0.2) is 4.98 Å². The lowest BCUT2D eigenvalue weighted by molar-refractivity contribution is -0.121. The van der Waals surface area contributed by atoms with Gasteiger partial charge in [-0.1, -0.05) is 19.3 Å². The lowest BCUT2D eigenvalue weighted by Gasteiger charge is -2.33. The van der Waals surface area contributed by atoms with Gasteiger partial charge in [-0.3, -0.25) is 9.48 Å². The number of nitrogens with zero attached hydrogens (tertiary/aromatic N) is 3. The summed E-state index contributed by atoms with van der Waals surface area (Å²) >= 11 is 0. The molecule has 3 N–H and O–H groups in total. The first-order valence-corrected chi connectivity index (χ1v) is 6.56. The summed E-state index contributed by atoms with van der Waals surface area (Å²) in [5, 5.41) is 6.88. The molecule has 6 heteroatoms. The van der Waals surface area contributed by atoms with E-state index in [-0.39, 0.29) is 11.4 Å². The van der Waals surface area contributed by atoms with Crippen molar-refractivity contribution in [1.29, 1.82) is 0 Å². The van der Waals surface area contributed by atoms with E-state index in [4.69, 9.17) is 5.73 Å². The number of rotatable bonds is 5. The van der Waals surface area contributed by atoms with E-state index < -0.39 is 0 Å². The zero-order chi connectivity index (χ0) is 12.8. The van der Waals surface area contributed by atoms with Gasteiger partial charge < -0.3 is 11.1 Å². The highest BCUT2D eigenvalue weighted by Gasteiger charge is 2.27. The predicted molar refractivity (Wildman–Crippen MR) is 67.7 cm³/mol. The summed E-state index contributed by atoms with van der Waals surface area (Å²) < 4.78 is 1.65. The van der Waals surface area contributed by atoms with Gasteiger partial charge in [-0.2, -0.15) is 5.10 Å². The van der Waals surface area contributed by atoms with E-state index in [1.165, 1.54) is 25.6 Å². The average Bonchev–Trinajstić information content (AvgIpc) is 2.88. The molecule has 0 aliphatic heterocycles. The summed E-state index contributed by atoms with van der Waals surface area (Å²) in [7, 11) is 0. The van der Waals surface area contributed by atoms with E-state index in [9.17, 15) is 4.79 Å². The Balaban J connectivity index is 1.68. The van der Waals surface area contributed by atoms with Crippen LogP contribution in [0.3, 0.4) is 0 Å². The van der Waals surface area contributed by atoms with Gasteiger partial charge >= 0.3 is 0 Å². The normalized spacial score (nSPS) is 18.5. The molecule has 0 spiro atoms. The van der Waals surface area contributed by atoms with Gasteiger partial charge in [0.05, 0.1) is 6.54 Å². The fraction of sp³-hybridized carbons (Fsp3) is 0.750. The van der Waals surface area contributed by atoms with Crippen LogP contribution >= 0.6 is 0 Å². The number of nitrogens with two attached hydrogens (primary N) is 1. The van der Waals surface area contributed by atoms with Crippen molar-refractivity contribution in [1.82, 2.24) is 20.1 Å². The molecule has 1 aliphatic rings. The maximum absolute atomic E-state index is 11.7. The summed E-state index contributed by atoms with van der Waals surface area (Å²) in [6.45, 7) is 1.15. The molecular formula is C12H21N5O. The second kappa shape index (κ2) is 5.95. The largest absolute Gasteiger partial charge is 0.354 e. The van der Waals surface area contributed by atoms with Crippen molar-refractivity contribution in [2.24, 2.45) is 5.73 Å². The highest BCUT2D eigenvalue weighted by atomic mass is 16.1. The van der Waals surface area contributed by atoms with E-state index in [1.54, 1.807) is 11.0 Å². The number of aryl methyl sites for hydroxylation is 1. The maximum atomic E-state index is 11.7. The van der Waals surface area contributed by atoms with Crippen molar-refractivity contribution in [3.05, 3.63) is 12.7 Å². The molecule has 18 heavy (non-hydrogen) atoms. The quantitative estimate of drug-likeness (QED) is 0.795. The molecular weight excluding hydrogens is 230 g/mol. The van der Waals surface area contributed by atoms with Gasteiger partial charge in [-0.15, -0.1) is 0 Å². The molecule has 0 bridgehead atoms. The smallest absolute Gasteiger partial charge is 0.221 e. The van der Waals surface area contributed by atoms with Gasteiger partial charge in [0.15, 0.2) is 0 Å². The van der Waals surface area contributed by atoms with E-state index in [2.05, 4.69) is 15.4 Å². The van der Waals surface area contributed by atoms with Crippen LogP contribution in [0.2, 0.25) is 0 Å². The molecule has 0 atom stereocenters. The Morgan fingerprint density at radius 1 is 1.39 bits per heavy atom. The summed E-state index contributed by atoms with van der Waals surface area (Å²) in [4.78, 5) is 15.5. The molecule has 6 nitrogen and oxygen atoms in total. The molecule has 100 valence electrons. The molecule has 1 fully saturated rings. The van der Waals surface area contributed by atoms with Gasteiger partial charge in [0, 0.05) is 18.5 Å². The van der Waals surface area contributed by atoms with E-state index in [0.29, 0.717) is 19.5 Å². The van der Waals surface area contributed by atoms with Crippen LogP contribution in [0.1, 0.15) is 38.5 Å². The summed E-state index contributed by atoms with van der Waals surface area (Å²) in [6, 6.07) is 0. The van der Waals surface area contributed by atoms with Gasteiger partial charge in [0.25, 0.3) is 0 Å². The standard InChI is InChI=1S/C12H21N5O/c13-12(5-2-1-3-6-12)8-15-11(18)4-7-17-10-14-9-16-17/h9-10H,1-8,13H2,(H,15,18). The van der Waals surface area contributed by atoms with Crippen LogP contribution in [-0.2, 0) is 11.3 Å². The highest BCUT2D eigenvalue weighted by molar-refractivity contribution is 5.75. The monoisotopic (exact) mass is 251 g/mol. The minimum Gasteiger partial charge on any atom is -0.354 e. The third kappa shape index (κ3) is 3.80. The van der Waals surface area contributed by atoms with Crippen molar-refractivity contribution < 1.29 is 4.79 Å². The minimum atomic E-state index is -0.193. The number of aromatic nitrogens is 3. The number of hydrogen-bond donors (Lipinski definition) is 2.